The van der Waals surface area contributed by atoms with Gasteiger partial charge in [-0.3, -0.25) is 14.5 Å². The molecule has 1 unspecified atom stereocenters. The van der Waals surface area contributed by atoms with E-state index in [-0.39, 0.29) is 11.9 Å². The van der Waals surface area contributed by atoms with E-state index in [1.165, 1.54) is 19.3 Å². The van der Waals surface area contributed by atoms with Gasteiger partial charge in [-0.1, -0.05) is 6.42 Å². The summed E-state index contributed by atoms with van der Waals surface area (Å²) in [5, 5.41) is 0. The number of amides is 2. The molecular weight excluding hydrogens is 316 g/mol. The predicted molar refractivity (Wildman–Crippen MR) is 98.6 cm³/mol. The quantitative estimate of drug-likeness (QED) is 0.874. The monoisotopic (exact) mass is 344 g/mol. The van der Waals surface area contributed by atoms with Crippen LogP contribution in [0.4, 0.5) is 5.69 Å². The minimum absolute atomic E-state index is 0.220. The van der Waals surface area contributed by atoms with E-state index < -0.39 is 5.91 Å². The number of primary amides is 1. The summed E-state index contributed by atoms with van der Waals surface area (Å²) in [7, 11) is 1.93. The lowest BCUT2D eigenvalue weighted by atomic mass is 10.1. The number of nitrogens with zero attached hydrogens (tertiary/aromatic N) is 3. The fraction of sp³-hybridized carbons (Fsp3) is 0.579. The van der Waals surface area contributed by atoms with Crippen molar-refractivity contribution in [1.82, 2.24) is 9.80 Å². The molecule has 2 amide bonds. The van der Waals surface area contributed by atoms with Gasteiger partial charge >= 0.3 is 0 Å². The van der Waals surface area contributed by atoms with Crippen LogP contribution in [0.5, 0.6) is 0 Å². The topological polar surface area (TPSA) is 69.9 Å². The van der Waals surface area contributed by atoms with Gasteiger partial charge in [-0.2, -0.15) is 0 Å². The van der Waals surface area contributed by atoms with Crippen molar-refractivity contribution < 1.29 is 9.59 Å². The third kappa shape index (κ3) is 4.31. The van der Waals surface area contributed by atoms with Gasteiger partial charge in [0.25, 0.3) is 0 Å². The van der Waals surface area contributed by atoms with Crippen LogP contribution in [0.1, 0.15) is 36.0 Å². The number of benzene rings is 1. The Balaban J connectivity index is 1.54. The standard InChI is InChI=1S/C19H28N4O2/c1-21(18(24)14-22-10-3-2-4-11-22)17-9-12-23(13-17)16-7-5-15(6-8-16)19(20)25/h5-8,17H,2-4,9-14H2,1H3,(H2,20,25). The van der Waals surface area contributed by atoms with E-state index in [9.17, 15) is 9.59 Å². The molecule has 1 aromatic carbocycles. The lowest BCUT2D eigenvalue weighted by molar-refractivity contribution is -0.133. The van der Waals surface area contributed by atoms with E-state index in [1.54, 1.807) is 12.1 Å². The van der Waals surface area contributed by atoms with Crippen molar-refractivity contribution in [2.75, 3.05) is 44.7 Å². The summed E-state index contributed by atoms with van der Waals surface area (Å²) in [6.07, 6.45) is 4.66. The number of hydrogen-bond donors (Lipinski definition) is 1. The molecule has 6 heteroatoms. The second kappa shape index (κ2) is 7.87. The number of nitrogens with two attached hydrogens (primary N) is 1. The molecule has 1 aromatic rings. The summed E-state index contributed by atoms with van der Waals surface area (Å²) < 4.78 is 0. The Morgan fingerprint density at radius 3 is 2.44 bits per heavy atom. The molecule has 136 valence electrons. The Bertz CT molecular complexity index is 610. The Labute approximate surface area is 149 Å². The second-order valence-corrected chi connectivity index (χ2v) is 7.14. The third-order valence-corrected chi connectivity index (χ3v) is 5.43. The van der Waals surface area contributed by atoms with Gasteiger partial charge in [-0.05, 0) is 56.6 Å². The first-order valence-corrected chi connectivity index (χ1v) is 9.17. The highest BCUT2D eigenvalue weighted by Crippen LogP contribution is 2.23. The first kappa shape index (κ1) is 17.7. The average molecular weight is 344 g/mol. The second-order valence-electron chi connectivity index (χ2n) is 7.14. The van der Waals surface area contributed by atoms with E-state index >= 15 is 0 Å². The average Bonchev–Trinajstić information content (AvgIpc) is 3.12. The van der Waals surface area contributed by atoms with Gasteiger partial charge in [0.2, 0.25) is 11.8 Å². The minimum atomic E-state index is -0.408. The van der Waals surface area contributed by atoms with Crippen LogP contribution in [0, 0.1) is 0 Å². The maximum atomic E-state index is 12.6. The number of carbonyl (C=O) groups is 2. The van der Waals surface area contributed by atoms with Crippen molar-refractivity contribution in [2.24, 2.45) is 5.73 Å². The van der Waals surface area contributed by atoms with Crippen LogP contribution in [0.25, 0.3) is 0 Å². The molecule has 1 atom stereocenters. The van der Waals surface area contributed by atoms with Gasteiger partial charge in [0.05, 0.1) is 12.6 Å². The van der Waals surface area contributed by atoms with Gasteiger partial charge < -0.3 is 15.5 Å². The smallest absolute Gasteiger partial charge is 0.248 e. The molecule has 0 radical (unpaired) electrons. The molecule has 0 aliphatic carbocycles. The molecule has 0 spiro atoms. The highest BCUT2D eigenvalue weighted by atomic mass is 16.2. The normalized spacial score (nSPS) is 21.3. The van der Waals surface area contributed by atoms with Gasteiger partial charge in [-0.15, -0.1) is 0 Å². The molecule has 3 rings (SSSR count). The van der Waals surface area contributed by atoms with Gasteiger partial charge in [0.1, 0.15) is 0 Å². The van der Waals surface area contributed by atoms with Crippen LogP contribution < -0.4 is 10.6 Å². The van der Waals surface area contributed by atoms with Crippen molar-refractivity contribution in [2.45, 2.75) is 31.7 Å². The number of rotatable bonds is 5. The van der Waals surface area contributed by atoms with Crippen LogP contribution >= 0.6 is 0 Å². The lowest BCUT2D eigenvalue weighted by Crippen LogP contribution is -2.45. The zero-order chi connectivity index (χ0) is 17.8. The molecule has 0 saturated carbocycles. The molecule has 2 fully saturated rings. The molecule has 0 aromatic heterocycles. The number of piperidine rings is 1. The van der Waals surface area contributed by atoms with E-state index in [0.717, 1.165) is 38.3 Å². The van der Waals surface area contributed by atoms with Crippen LogP contribution in [-0.4, -0.2) is 67.4 Å². The van der Waals surface area contributed by atoms with E-state index in [2.05, 4.69) is 9.80 Å². The molecular formula is C19H28N4O2. The Kier molecular flexibility index (Phi) is 5.58. The number of likely N-dealkylation sites (N-methyl/N-ethyl adjacent to an activating group) is 1. The summed E-state index contributed by atoms with van der Waals surface area (Å²) in [5.41, 5.74) is 6.88. The molecule has 25 heavy (non-hydrogen) atoms. The number of carbonyl (C=O) groups excluding carboxylic acids is 2. The Hall–Kier alpha value is -2.08. The summed E-state index contributed by atoms with van der Waals surface area (Å²) in [6, 6.07) is 7.62. The van der Waals surface area contributed by atoms with E-state index in [0.29, 0.717) is 12.1 Å². The highest BCUT2D eigenvalue weighted by molar-refractivity contribution is 5.93. The molecule has 0 bridgehead atoms. The molecule has 2 N–H and O–H groups in total. The van der Waals surface area contributed by atoms with Crippen LogP contribution in [-0.2, 0) is 4.79 Å². The Morgan fingerprint density at radius 2 is 1.80 bits per heavy atom. The molecule has 2 saturated heterocycles. The first-order valence-electron chi connectivity index (χ1n) is 9.17. The fourth-order valence-electron chi connectivity index (χ4n) is 3.75. The third-order valence-electron chi connectivity index (χ3n) is 5.43. The van der Waals surface area contributed by atoms with Crippen molar-refractivity contribution in [3.8, 4) is 0 Å². The number of hydrogen-bond acceptors (Lipinski definition) is 4. The van der Waals surface area contributed by atoms with Crippen LogP contribution in [0.15, 0.2) is 24.3 Å². The molecule has 2 aliphatic rings. The predicted octanol–water partition coefficient (Wildman–Crippen LogP) is 1.31. The van der Waals surface area contributed by atoms with Crippen LogP contribution in [0.3, 0.4) is 0 Å². The van der Waals surface area contributed by atoms with Gasteiger partial charge in [0.15, 0.2) is 0 Å². The van der Waals surface area contributed by atoms with Crippen molar-refractivity contribution >= 4 is 17.5 Å². The summed E-state index contributed by atoms with van der Waals surface area (Å²) in [6.45, 7) is 4.38. The van der Waals surface area contributed by atoms with E-state index in [4.69, 9.17) is 5.73 Å². The number of anilines is 1. The largest absolute Gasteiger partial charge is 0.369 e. The lowest BCUT2D eigenvalue weighted by Gasteiger charge is -2.30. The van der Waals surface area contributed by atoms with Crippen LogP contribution in [0.2, 0.25) is 0 Å². The Morgan fingerprint density at radius 1 is 1.12 bits per heavy atom. The molecule has 2 aliphatic heterocycles. The van der Waals surface area contributed by atoms with Crippen molar-refractivity contribution in [3.63, 3.8) is 0 Å². The summed E-state index contributed by atoms with van der Waals surface area (Å²) >= 11 is 0. The maximum Gasteiger partial charge on any atom is 0.248 e. The van der Waals surface area contributed by atoms with Gasteiger partial charge in [0, 0.05) is 31.4 Å². The molecule has 2 heterocycles. The summed E-state index contributed by atoms with van der Waals surface area (Å²) in [5.74, 6) is -0.188. The zero-order valence-corrected chi connectivity index (χ0v) is 15.0. The SMILES string of the molecule is CN(C(=O)CN1CCCCC1)C1CCN(c2ccc(C(N)=O)cc2)C1. The zero-order valence-electron chi connectivity index (χ0n) is 15.0. The van der Waals surface area contributed by atoms with Crippen molar-refractivity contribution in [1.29, 1.82) is 0 Å². The molecule has 6 nitrogen and oxygen atoms in total. The minimum Gasteiger partial charge on any atom is -0.369 e. The fourth-order valence-corrected chi connectivity index (χ4v) is 3.75. The first-order chi connectivity index (χ1) is 12.0. The van der Waals surface area contributed by atoms with Gasteiger partial charge in [-0.25, -0.2) is 0 Å². The highest BCUT2D eigenvalue weighted by Gasteiger charge is 2.29. The number of likely N-dealkylation sites (tertiary alicyclic amines) is 1. The van der Waals surface area contributed by atoms with Crippen molar-refractivity contribution in [3.05, 3.63) is 29.8 Å². The maximum absolute atomic E-state index is 12.6. The van der Waals surface area contributed by atoms with E-state index in [1.807, 2.05) is 24.1 Å². The summed E-state index contributed by atoms with van der Waals surface area (Å²) in [4.78, 5) is 30.2.